The summed E-state index contributed by atoms with van der Waals surface area (Å²) in [5, 5.41) is 13.2. The summed E-state index contributed by atoms with van der Waals surface area (Å²) in [5.74, 6) is 1.41. The van der Waals surface area contributed by atoms with Crippen LogP contribution in [0.5, 0.6) is 0 Å². The van der Waals surface area contributed by atoms with E-state index in [0.29, 0.717) is 18.2 Å². The zero-order valence-corrected chi connectivity index (χ0v) is 15.9. The minimum atomic E-state index is -0.587. The van der Waals surface area contributed by atoms with Gasteiger partial charge in [0.15, 0.2) is 0 Å². The number of amides is 1. The van der Waals surface area contributed by atoms with E-state index in [1.54, 1.807) is 0 Å². The Morgan fingerprint density at radius 2 is 2.15 bits per heavy atom. The Labute approximate surface area is 160 Å². The Morgan fingerprint density at radius 1 is 1.33 bits per heavy atom. The molecule has 6 heteroatoms. The van der Waals surface area contributed by atoms with Crippen molar-refractivity contribution in [3.8, 4) is 0 Å². The van der Waals surface area contributed by atoms with Gasteiger partial charge in [0.25, 0.3) is 5.91 Å². The summed E-state index contributed by atoms with van der Waals surface area (Å²) in [4.78, 5) is 19.1. The quantitative estimate of drug-likeness (QED) is 0.841. The number of carbonyl (C=O) groups excluding carboxylic acids is 1. The number of aliphatic hydroxyl groups is 1. The molecule has 3 heterocycles. The maximum atomic E-state index is 12.4. The second-order valence-corrected chi connectivity index (χ2v) is 7.96. The van der Waals surface area contributed by atoms with E-state index in [1.807, 2.05) is 6.20 Å². The minimum absolute atomic E-state index is 0.201. The molecule has 0 spiro atoms. The van der Waals surface area contributed by atoms with Gasteiger partial charge in [0.2, 0.25) is 0 Å². The maximum absolute atomic E-state index is 12.4. The van der Waals surface area contributed by atoms with Crippen molar-refractivity contribution in [2.24, 2.45) is 5.92 Å². The molecule has 2 N–H and O–H groups in total. The van der Waals surface area contributed by atoms with Crippen LogP contribution >= 0.6 is 0 Å². The molecule has 6 nitrogen and oxygen atoms in total. The monoisotopic (exact) mass is 368 g/mol. The molecule has 2 atom stereocenters. The molecule has 4 rings (SSSR count). The molecule has 0 radical (unpaired) electrons. The number of hydrogen-bond donors (Lipinski definition) is 2. The standard InChI is InChI=1S/C21H28N4O2/c1-15-6-7-20-23-19(14-25(20)11-15)21(27)22-10-18(26)13-24-9-8-16-4-2-3-5-17(16)12-24/h2-5,14-15,18,26H,6-13H2,1H3,(H,22,27)/t15-,18-/m0/s1. The number of aryl methyl sites for hydroxylation is 1. The molecule has 2 aliphatic heterocycles. The molecule has 0 aliphatic carbocycles. The number of aromatic nitrogens is 2. The van der Waals surface area contributed by atoms with Crippen molar-refractivity contribution < 1.29 is 9.90 Å². The van der Waals surface area contributed by atoms with E-state index >= 15 is 0 Å². The molecule has 1 aromatic carbocycles. The van der Waals surface area contributed by atoms with Crippen LogP contribution in [0.2, 0.25) is 0 Å². The zero-order chi connectivity index (χ0) is 18.8. The number of carbonyl (C=O) groups is 1. The fourth-order valence-corrected chi connectivity index (χ4v) is 4.10. The molecule has 0 fully saturated rings. The molecule has 0 saturated carbocycles. The number of fused-ring (bicyclic) bond motifs is 2. The number of imidazole rings is 1. The Balaban J connectivity index is 1.27. The van der Waals surface area contributed by atoms with Crippen LogP contribution in [0.25, 0.3) is 0 Å². The van der Waals surface area contributed by atoms with Crippen molar-refractivity contribution in [1.82, 2.24) is 19.8 Å². The van der Waals surface area contributed by atoms with Gasteiger partial charge in [-0.3, -0.25) is 9.69 Å². The second kappa shape index (κ2) is 7.82. The van der Waals surface area contributed by atoms with Crippen LogP contribution in [-0.4, -0.2) is 51.2 Å². The first-order valence-electron chi connectivity index (χ1n) is 9.90. The summed E-state index contributed by atoms with van der Waals surface area (Å²) in [6, 6.07) is 8.46. The molecular formula is C21H28N4O2. The Kier molecular flexibility index (Phi) is 5.27. The highest BCUT2D eigenvalue weighted by Crippen LogP contribution is 2.20. The highest BCUT2D eigenvalue weighted by atomic mass is 16.3. The van der Waals surface area contributed by atoms with Gasteiger partial charge in [-0.15, -0.1) is 0 Å². The summed E-state index contributed by atoms with van der Waals surface area (Å²) in [5.41, 5.74) is 3.19. The van der Waals surface area contributed by atoms with Crippen LogP contribution in [0.1, 0.15) is 40.8 Å². The van der Waals surface area contributed by atoms with Crippen LogP contribution < -0.4 is 5.32 Å². The van der Waals surface area contributed by atoms with Crippen molar-refractivity contribution in [3.05, 3.63) is 53.1 Å². The number of hydrogen-bond acceptors (Lipinski definition) is 4. The molecule has 2 aromatic rings. The summed E-state index contributed by atoms with van der Waals surface area (Å²) < 4.78 is 2.09. The SMILES string of the molecule is C[C@H]1CCc2nc(C(=O)NC[C@H](O)CN3CCc4ccccc4C3)cn2C1. The molecule has 144 valence electrons. The van der Waals surface area contributed by atoms with Gasteiger partial charge in [0.1, 0.15) is 11.5 Å². The Morgan fingerprint density at radius 3 is 3.00 bits per heavy atom. The van der Waals surface area contributed by atoms with Crippen LogP contribution in [0.4, 0.5) is 0 Å². The molecule has 0 unspecified atom stereocenters. The summed E-state index contributed by atoms with van der Waals surface area (Å²) in [6.45, 7) is 5.75. The van der Waals surface area contributed by atoms with E-state index in [1.165, 1.54) is 11.1 Å². The molecule has 1 amide bonds. The zero-order valence-electron chi connectivity index (χ0n) is 15.9. The lowest BCUT2D eigenvalue weighted by atomic mass is 10.00. The third-order valence-corrected chi connectivity index (χ3v) is 5.64. The predicted octanol–water partition coefficient (Wildman–Crippen LogP) is 1.61. The van der Waals surface area contributed by atoms with Crippen LogP contribution in [0.15, 0.2) is 30.5 Å². The normalized spacial score (nSPS) is 20.6. The van der Waals surface area contributed by atoms with Gasteiger partial charge < -0.3 is 15.0 Å². The third-order valence-electron chi connectivity index (χ3n) is 5.64. The van der Waals surface area contributed by atoms with Gasteiger partial charge >= 0.3 is 0 Å². The first-order chi connectivity index (χ1) is 13.1. The lowest BCUT2D eigenvalue weighted by molar-refractivity contribution is 0.0838. The van der Waals surface area contributed by atoms with Crippen molar-refractivity contribution in [1.29, 1.82) is 0 Å². The molecule has 2 aliphatic rings. The van der Waals surface area contributed by atoms with Gasteiger partial charge in [-0.05, 0) is 29.9 Å². The summed E-state index contributed by atoms with van der Waals surface area (Å²) in [6.07, 6.45) is 4.31. The molecule has 1 aromatic heterocycles. The first kappa shape index (κ1) is 18.2. The minimum Gasteiger partial charge on any atom is -0.390 e. The molecule has 0 saturated heterocycles. The highest BCUT2D eigenvalue weighted by Gasteiger charge is 2.22. The fraction of sp³-hybridized carbons (Fsp3) is 0.524. The van der Waals surface area contributed by atoms with Crippen molar-refractivity contribution in [2.45, 2.75) is 45.4 Å². The van der Waals surface area contributed by atoms with E-state index in [0.717, 1.165) is 44.7 Å². The predicted molar refractivity (Wildman–Crippen MR) is 103 cm³/mol. The average Bonchev–Trinajstić information content (AvgIpc) is 3.09. The maximum Gasteiger partial charge on any atom is 0.271 e. The van der Waals surface area contributed by atoms with E-state index in [-0.39, 0.29) is 12.5 Å². The second-order valence-electron chi connectivity index (χ2n) is 7.96. The number of nitrogens with one attached hydrogen (secondary N) is 1. The van der Waals surface area contributed by atoms with Crippen molar-refractivity contribution in [3.63, 3.8) is 0 Å². The Hall–Kier alpha value is -2.18. The van der Waals surface area contributed by atoms with E-state index in [2.05, 4.69) is 51.0 Å². The average molecular weight is 368 g/mol. The smallest absolute Gasteiger partial charge is 0.271 e. The molecule has 27 heavy (non-hydrogen) atoms. The van der Waals surface area contributed by atoms with E-state index in [9.17, 15) is 9.90 Å². The van der Waals surface area contributed by atoms with Crippen LogP contribution in [0, 0.1) is 5.92 Å². The number of rotatable bonds is 5. The van der Waals surface area contributed by atoms with Gasteiger partial charge in [0, 0.05) is 45.3 Å². The number of nitrogens with zero attached hydrogens (tertiary/aromatic N) is 3. The van der Waals surface area contributed by atoms with Gasteiger partial charge in [-0.2, -0.15) is 0 Å². The van der Waals surface area contributed by atoms with Gasteiger partial charge in [-0.25, -0.2) is 4.98 Å². The third kappa shape index (κ3) is 4.22. The lowest BCUT2D eigenvalue weighted by Gasteiger charge is -2.30. The summed E-state index contributed by atoms with van der Waals surface area (Å²) >= 11 is 0. The largest absolute Gasteiger partial charge is 0.390 e. The summed E-state index contributed by atoms with van der Waals surface area (Å²) in [7, 11) is 0. The molecular weight excluding hydrogens is 340 g/mol. The van der Waals surface area contributed by atoms with Crippen molar-refractivity contribution in [2.75, 3.05) is 19.6 Å². The number of benzene rings is 1. The van der Waals surface area contributed by atoms with Gasteiger partial charge in [0.05, 0.1) is 6.10 Å². The Bertz CT molecular complexity index is 816. The molecule has 0 bridgehead atoms. The first-order valence-corrected chi connectivity index (χ1v) is 9.90. The van der Waals surface area contributed by atoms with Gasteiger partial charge in [-0.1, -0.05) is 31.2 Å². The van der Waals surface area contributed by atoms with E-state index < -0.39 is 6.10 Å². The number of β-amino-alcohol motifs (C(OH)–C–C–N with tert-alkyl or cyclic N) is 1. The van der Waals surface area contributed by atoms with Crippen LogP contribution in [0.3, 0.4) is 0 Å². The lowest BCUT2D eigenvalue weighted by Crippen LogP contribution is -2.42. The van der Waals surface area contributed by atoms with E-state index in [4.69, 9.17) is 0 Å². The number of aliphatic hydroxyl groups excluding tert-OH is 1. The fourth-order valence-electron chi connectivity index (χ4n) is 4.10. The highest BCUT2D eigenvalue weighted by molar-refractivity contribution is 5.92. The van der Waals surface area contributed by atoms with Crippen molar-refractivity contribution >= 4 is 5.91 Å². The topological polar surface area (TPSA) is 70.4 Å². The van der Waals surface area contributed by atoms with Crippen LogP contribution in [-0.2, 0) is 25.9 Å².